The molecule has 0 unspecified atom stereocenters. The zero-order chi connectivity index (χ0) is 11.4. The fourth-order valence-corrected chi connectivity index (χ4v) is 2.37. The lowest BCUT2D eigenvalue weighted by molar-refractivity contribution is 0.631. The maximum atomic E-state index is 13.5. The van der Waals surface area contributed by atoms with Crippen LogP contribution in [0.25, 0.3) is 10.6 Å². The summed E-state index contributed by atoms with van der Waals surface area (Å²) in [7, 11) is 1.92. The molecule has 0 fully saturated rings. The second kappa shape index (κ2) is 5.18. The lowest BCUT2D eigenvalue weighted by Crippen LogP contribution is -2.09. The molecular formula is C12H13FN2S. The first-order chi connectivity index (χ1) is 7.81. The predicted molar refractivity (Wildman–Crippen MR) is 65.1 cm³/mol. The molecule has 0 saturated heterocycles. The molecule has 0 aliphatic heterocycles. The Morgan fingerprint density at radius 2 is 2.19 bits per heavy atom. The molecule has 1 heterocycles. The molecule has 16 heavy (non-hydrogen) atoms. The molecule has 2 nitrogen and oxygen atoms in total. The molecule has 0 atom stereocenters. The minimum atomic E-state index is -0.211. The topological polar surface area (TPSA) is 24.9 Å². The standard InChI is InChI=1S/C12H13FN2S/c1-14-7-6-9-8-15-12(16-9)10-4-2-3-5-11(10)13/h2-5,8,14H,6-7H2,1H3. The number of rotatable bonds is 4. The average Bonchev–Trinajstić information content (AvgIpc) is 2.75. The third-order valence-corrected chi connectivity index (χ3v) is 3.37. The average molecular weight is 236 g/mol. The van der Waals surface area contributed by atoms with Crippen molar-refractivity contribution in [3.8, 4) is 10.6 Å². The molecule has 1 N–H and O–H groups in total. The van der Waals surface area contributed by atoms with Crippen molar-refractivity contribution in [3.63, 3.8) is 0 Å². The van der Waals surface area contributed by atoms with E-state index < -0.39 is 0 Å². The van der Waals surface area contributed by atoms with Crippen molar-refractivity contribution in [2.75, 3.05) is 13.6 Å². The highest BCUT2D eigenvalue weighted by molar-refractivity contribution is 7.15. The number of hydrogen-bond donors (Lipinski definition) is 1. The number of benzene rings is 1. The van der Waals surface area contributed by atoms with Gasteiger partial charge >= 0.3 is 0 Å². The molecule has 0 aliphatic rings. The number of aromatic nitrogens is 1. The molecule has 4 heteroatoms. The summed E-state index contributed by atoms with van der Waals surface area (Å²) in [6, 6.07) is 6.74. The van der Waals surface area contributed by atoms with Crippen LogP contribution >= 0.6 is 11.3 Å². The van der Waals surface area contributed by atoms with Crippen LogP contribution in [0.3, 0.4) is 0 Å². The number of likely N-dealkylation sites (N-methyl/N-ethyl adjacent to an activating group) is 1. The van der Waals surface area contributed by atoms with Crippen LogP contribution in [-0.2, 0) is 6.42 Å². The first-order valence-electron chi connectivity index (χ1n) is 5.15. The largest absolute Gasteiger partial charge is 0.319 e. The summed E-state index contributed by atoms with van der Waals surface area (Å²) in [4.78, 5) is 5.42. The fraction of sp³-hybridized carbons (Fsp3) is 0.250. The Balaban J connectivity index is 2.22. The lowest BCUT2D eigenvalue weighted by Gasteiger charge is -1.97. The Morgan fingerprint density at radius 3 is 2.94 bits per heavy atom. The molecule has 84 valence electrons. The lowest BCUT2D eigenvalue weighted by atomic mass is 10.2. The Kier molecular flexibility index (Phi) is 3.64. The Hall–Kier alpha value is -1.26. The maximum Gasteiger partial charge on any atom is 0.133 e. The van der Waals surface area contributed by atoms with E-state index in [-0.39, 0.29) is 5.82 Å². The predicted octanol–water partition coefficient (Wildman–Crippen LogP) is 2.71. The van der Waals surface area contributed by atoms with Gasteiger partial charge in [0.2, 0.25) is 0 Å². The van der Waals surface area contributed by atoms with Gasteiger partial charge in [-0.2, -0.15) is 0 Å². The van der Waals surface area contributed by atoms with Gasteiger partial charge in [0.1, 0.15) is 10.8 Å². The van der Waals surface area contributed by atoms with E-state index in [9.17, 15) is 4.39 Å². The zero-order valence-corrected chi connectivity index (χ0v) is 9.85. The Labute approximate surface area is 98.2 Å². The van der Waals surface area contributed by atoms with Crippen molar-refractivity contribution in [2.45, 2.75) is 6.42 Å². The number of nitrogens with zero attached hydrogens (tertiary/aromatic N) is 1. The van der Waals surface area contributed by atoms with Crippen LogP contribution in [0.15, 0.2) is 30.5 Å². The summed E-state index contributed by atoms with van der Waals surface area (Å²) >= 11 is 1.55. The molecule has 2 aromatic rings. The molecule has 0 saturated carbocycles. The summed E-state index contributed by atoms with van der Waals surface area (Å²) in [5.41, 5.74) is 0.586. The van der Waals surface area contributed by atoms with Gasteiger partial charge < -0.3 is 5.32 Å². The van der Waals surface area contributed by atoms with Crippen molar-refractivity contribution >= 4 is 11.3 Å². The van der Waals surface area contributed by atoms with Gasteiger partial charge in [0.05, 0.1) is 0 Å². The number of thiazole rings is 1. The second-order valence-corrected chi connectivity index (χ2v) is 4.58. The third-order valence-electron chi connectivity index (χ3n) is 2.28. The minimum absolute atomic E-state index is 0.211. The van der Waals surface area contributed by atoms with Crippen LogP contribution in [0.1, 0.15) is 4.88 Å². The monoisotopic (exact) mass is 236 g/mol. The molecule has 0 spiro atoms. The fourth-order valence-electron chi connectivity index (χ4n) is 1.43. The molecule has 1 aromatic carbocycles. The maximum absolute atomic E-state index is 13.5. The van der Waals surface area contributed by atoms with E-state index in [0.717, 1.165) is 18.0 Å². The van der Waals surface area contributed by atoms with Crippen LogP contribution in [-0.4, -0.2) is 18.6 Å². The van der Waals surface area contributed by atoms with Gasteiger partial charge in [0.25, 0.3) is 0 Å². The van der Waals surface area contributed by atoms with Gasteiger partial charge in [0, 0.05) is 16.6 Å². The van der Waals surface area contributed by atoms with Crippen LogP contribution in [0.4, 0.5) is 4.39 Å². The van der Waals surface area contributed by atoms with Crippen LogP contribution in [0, 0.1) is 5.82 Å². The van der Waals surface area contributed by atoms with Crippen molar-refractivity contribution in [2.24, 2.45) is 0 Å². The second-order valence-electron chi connectivity index (χ2n) is 3.47. The molecule has 0 bridgehead atoms. The molecule has 1 aromatic heterocycles. The molecule has 2 rings (SSSR count). The van der Waals surface area contributed by atoms with E-state index in [1.165, 1.54) is 10.9 Å². The van der Waals surface area contributed by atoms with Gasteiger partial charge in [-0.3, -0.25) is 0 Å². The van der Waals surface area contributed by atoms with Gasteiger partial charge in [-0.05, 0) is 32.1 Å². The van der Waals surface area contributed by atoms with Crippen molar-refractivity contribution in [3.05, 3.63) is 41.2 Å². The molecule has 0 amide bonds. The van der Waals surface area contributed by atoms with Crippen LogP contribution in [0.2, 0.25) is 0 Å². The number of nitrogens with one attached hydrogen (secondary N) is 1. The summed E-state index contributed by atoms with van der Waals surface area (Å²) in [6.07, 6.45) is 2.76. The zero-order valence-electron chi connectivity index (χ0n) is 9.03. The summed E-state index contributed by atoms with van der Waals surface area (Å²) in [5.74, 6) is -0.211. The quantitative estimate of drug-likeness (QED) is 0.883. The SMILES string of the molecule is CNCCc1cnc(-c2ccccc2F)s1. The number of hydrogen-bond acceptors (Lipinski definition) is 3. The van der Waals surface area contributed by atoms with E-state index in [1.807, 2.05) is 19.3 Å². The first kappa shape index (κ1) is 11.2. The van der Waals surface area contributed by atoms with Crippen LogP contribution in [0.5, 0.6) is 0 Å². The van der Waals surface area contributed by atoms with Crippen LogP contribution < -0.4 is 5.32 Å². The normalized spacial score (nSPS) is 10.6. The summed E-state index contributed by atoms with van der Waals surface area (Å²) < 4.78 is 13.5. The highest BCUT2D eigenvalue weighted by atomic mass is 32.1. The number of halogens is 1. The third kappa shape index (κ3) is 2.46. The molecular weight excluding hydrogens is 223 g/mol. The van der Waals surface area contributed by atoms with E-state index in [4.69, 9.17) is 0 Å². The Morgan fingerprint density at radius 1 is 1.38 bits per heavy atom. The van der Waals surface area contributed by atoms with E-state index in [2.05, 4.69) is 10.3 Å². The summed E-state index contributed by atoms with van der Waals surface area (Å²) in [6.45, 7) is 0.916. The summed E-state index contributed by atoms with van der Waals surface area (Å²) in [5, 5.41) is 3.84. The van der Waals surface area contributed by atoms with E-state index in [0.29, 0.717) is 5.56 Å². The minimum Gasteiger partial charge on any atom is -0.319 e. The van der Waals surface area contributed by atoms with Crippen molar-refractivity contribution < 1.29 is 4.39 Å². The Bertz CT molecular complexity index is 468. The highest BCUT2D eigenvalue weighted by Crippen LogP contribution is 2.27. The van der Waals surface area contributed by atoms with Gasteiger partial charge in [-0.1, -0.05) is 12.1 Å². The van der Waals surface area contributed by atoms with Crippen molar-refractivity contribution in [1.29, 1.82) is 0 Å². The van der Waals surface area contributed by atoms with E-state index >= 15 is 0 Å². The van der Waals surface area contributed by atoms with Crippen molar-refractivity contribution in [1.82, 2.24) is 10.3 Å². The van der Waals surface area contributed by atoms with Gasteiger partial charge in [0.15, 0.2) is 0 Å². The molecule has 0 aliphatic carbocycles. The van der Waals surface area contributed by atoms with E-state index in [1.54, 1.807) is 23.5 Å². The highest BCUT2D eigenvalue weighted by Gasteiger charge is 2.08. The first-order valence-corrected chi connectivity index (χ1v) is 5.97. The van der Waals surface area contributed by atoms with Gasteiger partial charge in [-0.25, -0.2) is 9.37 Å². The molecule has 0 radical (unpaired) electrons. The van der Waals surface area contributed by atoms with Gasteiger partial charge in [-0.15, -0.1) is 11.3 Å². The smallest absolute Gasteiger partial charge is 0.133 e.